The molecule has 0 N–H and O–H groups in total. The molecule has 4 aromatic rings. The van der Waals surface area contributed by atoms with Gasteiger partial charge in [0, 0.05) is 12.1 Å². The largest absolute Gasteiger partial charge is 0.497 e. The number of aryl methyl sites for hydroxylation is 1. The van der Waals surface area contributed by atoms with Gasteiger partial charge in [0.05, 0.1) is 18.1 Å². The van der Waals surface area contributed by atoms with Gasteiger partial charge in [-0.1, -0.05) is 54.6 Å². The molecular weight excluding hydrogens is 380 g/mol. The standard InChI is InChI=1S/C28H28N2O/c1-20-29-28-26(24-15-13-23(14-16-24)22-7-4-3-5-8-22)9-6-10-27(28)30(20)19-21-11-17-25(31-2)18-12-21/h6-7,9-18H,3-5,8,19H2,1-2H3. The van der Waals surface area contributed by atoms with Crippen molar-refractivity contribution in [2.24, 2.45) is 0 Å². The number of nitrogens with zero attached hydrogens (tertiary/aromatic N) is 2. The SMILES string of the molecule is COc1ccc(Cn2c(C)nc3c(-c4ccc(C5=CCCCC5)cc4)cccc32)cc1. The monoisotopic (exact) mass is 408 g/mol. The van der Waals surface area contributed by atoms with Gasteiger partial charge in [-0.2, -0.15) is 0 Å². The molecule has 1 aromatic heterocycles. The lowest BCUT2D eigenvalue weighted by molar-refractivity contribution is 0.414. The lowest BCUT2D eigenvalue weighted by Gasteiger charge is -2.13. The highest BCUT2D eigenvalue weighted by Gasteiger charge is 2.13. The Kier molecular flexibility index (Phi) is 5.33. The number of aromatic nitrogens is 2. The summed E-state index contributed by atoms with van der Waals surface area (Å²) in [5, 5.41) is 0. The molecule has 0 radical (unpaired) electrons. The van der Waals surface area contributed by atoms with E-state index < -0.39 is 0 Å². The number of hydrogen-bond donors (Lipinski definition) is 0. The first-order valence-corrected chi connectivity index (χ1v) is 11.1. The summed E-state index contributed by atoms with van der Waals surface area (Å²) in [6.45, 7) is 2.88. The van der Waals surface area contributed by atoms with Crippen LogP contribution in [0, 0.1) is 6.92 Å². The van der Waals surface area contributed by atoms with Crippen LogP contribution in [0.2, 0.25) is 0 Å². The molecule has 0 unspecified atom stereocenters. The Morgan fingerprint density at radius 3 is 2.39 bits per heavy atom. The molecule has 0 fully saturated rings. The second-order valence-electron chi connectivity index (χ2n) is 8.32. The van der Waals surface area contributed by atoms with Crippen molar-refractivity contribution in [3.63, 3.8) is 0 Å². The van der Waals surface area contributed by atoms with Crippen molar-refractivity contribution in [3.8, 4) is 16.9 Å². The molecule has 0 bridgehead atoms. The highest BCUT2D eigenvalue weighted by molar-refractivity contribution is 5.92. The summed E-state index contributed by atoms with van der Waals surface area (Å²) in [5.41, 5.74) is 8.74. The van der Waals surface area contributed by atoms with Crippen molar-refractivity contribution in [1.82, 2.24) is 9.55 Å². The Morgan fingerprint density at radius 2 is 1.68 bits per heavy atom. The zero-order valence-corrected chi connectivity index (χ0v) is 18.3. The van der Waals surface area contributed by atoms with E-state index in [0.717, 1.165) is 23.6 Å². The van der Waals surface area contributed by atoms with Crippen LogP contribution in [-0.4, -0.2) is 16.7 Å². The van der Waals surface area contributed by atoms with Crippen molar-refractivity contribution < 1.29 is 4.74 Å². The van der Waals surface area contributed by atoms with E-state index in [9.17, 15) is 0 Å². The Hall–Kier alpha value is -3.33. The van der Waals surface area contributed by atoms with Crippen LogP contribution in [0.3, 0.4) is 0 Å². The van der Waals surface area contributed by atoms with Crippen LogP contribution in [0.4, 0.5) is 0 Å². The maximum atomic E-state index is 5.29. The number of para-hydroxylation sites is 1. The minimum absolute atomic E-state index is 0.795. The second kappa shape index (κ2) is 8.43. The molecular formula is C28H28N2O. The molecule has 0 aliphatic heterocycles. The Bertz CT molecular complexity index is 1230. The zero-order chi connectivity index (χ0) is 21.2. The van der Waals surface area contributed by atoms with Crippen LogP contribution >= 0.6 is 0 Å². The van der Waals surface area contributed by atoms with Gasteiger partial charge in [-0.25, -0.2) is 4.98 Å². The molecule has 0 saturated heterocycles. The number of rotatable bonds is 5. The molecule has 156 valence electrons. The molecule has 31 heavy (non-hydrogen) atoms. The molecule has 1 aliphatic rings. The third-order valence-electron chi connectivity index (χ3n) is 6.33. The molecule has 0 saturated carbocycles. The zero-order valence-electron chi connectivity index (χ0n) is 18.3. The molecule has 3 heteroatoms. The number of benzene rings is 3. The van der Waals surface area contributed by atoms with Crippen LogP contribution in [0.15, 0.2) is 72.8 Å². The Balaban J connectivity index is 1.49. The topological polar surface area (TPSA) is 27.1 Å². The number of allylic oxidation sites excluding steroid dienone is 2. The second-order valence-corrected chi connectivity index (χ2v) is 8.32. The Labute approximate surface area is 184 Å². The van der Waals surface area contributed by atoms with E-state index in [1.165, 1.54) is 59.0 Å². The Morgan fingerprint density at radius 1 is 0.903 bits per heavy atom. The van der Waals surface area contributed by atoms with E-state index in [0.29, 0.717) is 0 Å². The van der Waals surface area contributed by atoms with E-state index in [1.807, 2.05) is 12.1 Å². The molecule has 0 atom stereocenters. The van der Waals surface area contributed by atoms with Crippen LogP contribution in [0.25, 0.3) is 27.7 Å². The van der Waals surface area contributed by atoms with E-state index in [4.69, 9.17) is 9.72 Å². The van der Waals surface area contributed by atoms with Gasteiger partial charge in [0.1, 0.15) is 11.6 Å². The number of ether oxygens (including phenoxy) is 1. The van der Waals surface area contributed by atoms with Gasteiger partial charge in [0.2, 0.25) is 0 Å². The number of methoxy groups -OCH3 is 1. The van der Waals surface area contributed by atoms with Crippen molar-refractivity contribution in [2.45, 2.75) is 39.2 Å². The summed E-state index contributed by atoms with van der Waals surface area (Å²) in [6, 6.07) is 23.8. The summed E-state index contributed by atoms with van der Waals surface area (Å²) in [4.78, 5) is 4.96. The van der Waals surface area contributed by atoms with Crippen LogP contribution in [0.5, 0.6) is 5.75 Å². The normalized spacial score (nSPS) is 13.9. The number of imidazole rings is 1. The molecule has 3 aromatic carbocycles. The lowest BCUT2D eigenvalue weighted by Crippen LogP contribution is -2.01. The first-order chi connectivity index (χ1) is 15.2. The summed E-state index contributed by atoms with van der Waals surface area (Å²) in [5.74, 6) is 1.91. The quantitative estimate of drug-likeness (QED) is 0.354. The van der Waals surface area contributed by atoms with E-state index in [1.54, 1.807) is 7.11 Å². The van der Waals surface area contributed by atoms with E-state index >= 15 is 0 Å². The summed E-state index contributed by atoms with van der Waals surface area (Å²) in [7, 11) is 1.70. The van der Waals surface area contributed by atoms with Gasteiger partial charge in [0.25, 0.3) is 0 Å². The first-order valence-electron chi connectivity index (χ1n) is 11.1. The molecule has 5 rings (SSSR count). The van der Waals surface area contributed by atoms with Gasteiger partial charge in [-0.05, 0) is 73.1 Å². The summed E-state index contributed by atoms with van der Waals surface area (Å²) >= 11 is 0. The fourth-order valence-corrected chi connectivity index (χ4v) is 4.57. The fraction of sp³-hybridized carbons (Fsp3) is 0.250. The number of fused-ring (bicyclic) bond motifs is 1. The third-order valence-corrected chi connectivity index (χ3v) is 6.33. The highest BCUT2D eigenvalue weighted by Crippen LogP contribution is 2.32. The highest BCUT2D eigenvalue weighted by atomic mass is 16.5. The average Bonchev–Trinajstić information content (AvgIpc) is 3.15. The summed E-state index contributed by atoms with van der Waals surface area (Å²) in [6.07, 6.45) is 7.44. The van der Waals surface area contributed by atoms with Crippen molar-refractivity contribution in [3.05, 3.63) is 89.8 Å². The van der Waals surface area contributed by atoms with Gasteiger partial charge >= 0.3 is 0 Å². The molecule has 1 heterocycles. The van der Waals surface area contributed by atoms with Crippen molar-refractivity contribution in [2.75, 3.05) is 7.11 Å². The molecule has 0 amide bonds. The molecule has 3 nitrogen and oxygen atoms in total. The van der Waals surface area contributed by atoms with Crippen LogP contribution in [0.1, 0.15) is 42.6 Å². The van der Waals surface area contributed by atoms with Gasteiger partial charge in [0.15, 0.2) is 0 Å². The van der Waals surface area contributed by atoms with Crippen molar-refractivity contribution >= 4 is 16.6 Å². The smallest absolute Gasteiger partial charge is 0.118 e. The minimum atomic E-state index is 0.795. The maximum absolute atomic E-state index is 5.29. The third kappa shape index (κ3) is 3.88. The predicted octanol–water partition coefficient (Wildman–Crippen LogP) is 7.03. The van der Waals surface area contributed by atoms with Gasteiger partial charge < -0.3 is 9.30 Å². The fourth-order valence-electron chi connectivity index (χ4n) is 4.57. The van der Waals surface area contributed by atoms with Gasteiger partial charge in [-0.3, -0.25) is 0 Å². The van der Waals surface area contributed by atoms with Crippen molar-refractivity contribution in [1.29, 1.82) is 0 Å². The van der Waals surface area contributed by atoms with Crippen LogP contribution in [-0.2, 0) is 6.54 Å². The lowest BCUT2D eigenvalue weighted by atomic mass is 9.92. The van der Waals surface area contributed by atoms with E-state index in [-0.39, 0.29) is 0 Å². The summed E-state index contributed by atoms with van der Waals surface area (Å²) < 4.78 is 7.58. The number of hydrogen-bond acceptors (Lipinski definition) is 2. The minimum Gasteiger partial charge on any atom is -0.497 e. The average molecular weight is 409 g/mol. The first kappa shape index (κ1) is 19.6. The predicted molar refractivity (Wildman–Crippen MR) is 128 cm³/mol. The van der Waals surface area contributed by atoms with E-state index in [2.05, 4.69) is 72.2 Å². The maximum Gasteiger partial charge on any atom is 0.118 e. The van der Waals surface area contributed by atoms with Gasteiger partial charge in [-0.15, -0.1) is 0 Å². The molecule has 1 aliphatic carbocycles. The van der Waals surface area contributed by atoms with Crippen LogP contribution < -0.4 is 4.74 Å². The molecule has 0 spiro atoms.